The molecule has 0 spiro atoms. The lowest BCUT2D eigenvalue weighted by Crippen LogP contribution is -2.30. The summed E-state index contributed by atoms with van der Waals surface area (Å²) in [4.78, 5) is 21.0. The second-order valence-corrected chi connectivity index (χ2v) is 3.77. The van der Waals surface area contributed by atoms with E-state index in [4.69, 9.17) is 5.11 Å². The zero-order valence-electron chi connectivity index (χ0n) is 9.79. The number of imidazole rings is 1. The Bertz CT molecular complexity index is 549. The van der Waals surface area contributed by atoms with Gasteiger partial charge in [-0.05, 0) is 13.0 Å². The number of rotatable bonds is 4. The van der Waals surface area contributed by atoms with Crippen LogP contribution >= 0.6 is 0 Å². The molecule has 1 N–H and O–H groups in total. The molecular weight excluding hydrogens is 220 g/mol. The van der Waals surface area contributed by atoms with Gasteiger partial charge < -0.3 is 14.6 Å². The highest BCUT2D eigenvalue weighted by atomic mass is 16.4. The summed E-state index contributed by atoms with van der Waals surface area (Å²) in [7, 11) is 1.90. The van der Waals surface area contributed by atoms with Crippen molar-refractivity contribution in [2.24, 2.45) is 7.05 Å². The molecule has 0 aromatic carbocycles. The van der Waals surface area contributed by atoms with E-state index >= 15 is 0 Å². The molecule has 0 fully saturated rings. The van der Waals surface area contributed by atoms with Gasteiger partial charge in [-0.2, -0.15) is 0 Å². The molecule has 2 rings (SSSR count). The third kappa shape index (κ3) is 2.06. The summed E-state index contributed by atoms with van der Waals surface area (Å²) in [6.45, 7) is 2.40. The van der Waals surface area contributed by atoms with Gasteiger partial charge in [-0.15, -0.1) is 0 Å². The normalized spacial score (nSPS) is 10.7. The van der Waals surface area contributed by atoms with Crippen molar-refractivity contribution in [1.29, 1.82) is 0 Å². The van der Waals surface area contributed by atoms with Crippen LogP contribution in [0.1, 0.15) is 6.92 Å². The number of likely N-dealkylation sites (N-methyl/N-ethyl adjacent to an activating group) is 1. The van der Waals surface area contributed by atoms with E-state index in [9.17, 15) is 4.79 Å². The first-order valence-electron chi connectivity index (χ1n) is 5.36. The fraction of sp³-hybridized carbons (Fsp3) is 0.364. The largest absolute Gasteiger partial charge is 0.480 e. The number of anilines is 1. The first-order chi connectivity index (χ1) is 8.13. The predicted octanol–water partition coefficient (Wildman–Crippen LogP) is 0.879. The first-order valence-corrected chi connectivity index (χ1v) is 5.36. The number of aromatic nitrogens is 3. The lowest BCUT2D eigenvalue weighted by molar-refractivity contribution is -0.135. The molecule has 6 nitrogen and oxygen atoms in total. The first kappa shape index (κ1) is 11.4. The van der Waals surface area contributed by atoms with Crippen LogP contribution in [0.3, 0.4) is 0 Å². The molecule has 2 heterocycles. The summed E-state index contributed by atoms with van der Waals surface area (Å²) in [5.74, 6) is -0.255. The summed E-state index contributed by atoms with van der Waals surface area (Å²) in [5, 5.41) is 8.86. The molecule has 2 aromatic heterocycles. The summed E-state index contributed by atoms with van der Waals surface area (Å²) in [6, 6.07) is 1.86. The number of carboxylic acid groups (broad SMARTS) is 1. The van der Waals surface area contributed by atoms with Crippen LogP contribution in [-0.2, 0) is 11.8 Å². The minimum absolute atomic E-state index is 0.0703. The average Bonchev–Trinajstić information content (AvgIpc) is 2.68. The van der Waals surface area contributed by atoms with E-state index in [-0.39, 0.29) is 6.54 Å². The molecule has 0 aliphatic carbocycles. The molecule has 0 saturated carbocycles. The van der Waals surface area contributed by atoms with Gasteiger partial charge in [0.25, 0.3) is 0 Å². The number of carboxylic acids is 1. The topological polar surface area (TPSA) is 71.2 Å². The van der Waals surface area contributed by atoms with Gasteiger partial charge in [-0.25, -0.2) is 9.97 Å². The Morgan fingerprint density at radius 2 is 2.29 bits per heavy atom. The fourth-order valence-electron chi connectivity index (χ4n) is 1.78. The highest BCUT2D eigenvalue weighted by Gasteiger charge is 2.15. The Kier molecular flexibility index (Phi) is 2.95. The quantitative estimate of drug-likeness (QED) is 0.850. The van der Waals surface area contributed by atoms with Crippen molar-refractivity contribution in [1.82, 2.24) is 14.5 Å². The maximum Gasteiger partial charge on any atom is 0.323 e. The fourth-order valence-corrected chi connectivity index (χ4v) is 1.78. The monoisotopic (exact) mass is 234 g/mol. The predicted molar refractivity (Wildman–Crippen MR) is 64.0 cm³/mol. The van der Waals surface area contributed by atoms with Crippen molar-refractivity contribution in [3.8, 4) is 0 Å². The molecule has 0 radical (unpaired) electrons. The summed E-state index contributed by atoms with van der Waals surface area (Å²) >= 11 is 0. The Morgan fingerprint density at radius 3 is 2.94 bits per heavy atom. The van der Waals surface area contributed by atoms with E-state index in [1.165, 1.54) is 0 Å². The third-order valence-electron chi connectivity index (χ3n) is 2.63. The molecule has 90 valence electrons. The van der Waals surface area contributed by atoms with E-state index in [0.717, 1.165) is 11.0 Å². The maximum atomic E-state index is 10.8. The van der Waals surface area contributed by atoms with Gasteiger partial charge in [0.05, 0.1) is 11.8 Å². The van der Waals surface area contributed by atoms with Gasteiger partial charge in [0.2, 0.25) is 0 Å². The molecule has 2 aromatic rings. The second kappa shape index (κ2) is 4.40. The smallest absolute Gasteiger partial charge is 0.323 e. The highest BCUT2D eigenvalue weighted by molar-refractivity contribution is 5.88. The minimum atomic E-state index is -0.874. The summed E-state index contributed by atoms with van der Waals surface area (Å²) < 4.78 is 1.88. The van der Waals surface area contributed by atoms with Crippen LogP contribution in [0.5, 0.6) is 0 Å². The van der Waals surface area contributed by atoms with Crippen molar-refractivity contribution in [3.63, 3.8) is 0 Å². The molecular formula is C11H14N4O2. The van der Waals surface area contributed by atoms with Gasteiger partial charge in [-0.3, -0.25) is 4.79 Å². The zero-order valence-corrected chi connectivity index (χ0v) is 9.79. The molecule has 0 saturated heterocycles. The Morgan fingerprint density at radius 1 is 1.53 bits per heavy atom. The van der Waals surface area contributed by atoms with Crippen LogP contribution in [0.4, 0.5) is 5.82 Å². The number of hydrogen-bond donors (Lipinski definition) is 1. The van der Waals surface area contributed by atoms with Crippen LogP contribution in [0, 0.1) is 0 Å². The van der Waals surface area contributed by atoms with E-state index in [0.29, 0.717) is 12.4 Å². The molecule has 0 unspecified atom stereocenters. The molecule has 6 heteroatoms. The van der Waals surface area contributed by atoms with Gasteiger partial charge in [0.1, 0.15) is 12.1 Å². The van der Waals surface area contributed by atoms with Crippen molar-refractivity contribution >= 4 is 22.8 Å². The van der Waals surface area contributed by atoms with Crippen LogP contribution in [-0.4, -0.2) is 38.7 Å². The number of pyridine rings is 1. The van der Waals surface area contributed by atoms with E-state index in [2.05, 4.69) is 9.97 Å². The molecule has 0 atom stereocenters. The highest BCUT2D eigenvalue weighted by Crippen LogP contribution is 2.21. The number of nitrogens with zero attached hydrogens (tertiary/aromatic N) is 4. The third-order valence-corrected chi connectivity index (χ3v) is 2.63. The van der Waals surface area contributed by atoms with Gasteiger partial charge >= 0.3 is 5.97 Å². The Hall–Kier alpha value is -2.11. The van der Waals surface area contributed by atoms with Gasteiger partial charge in [0, 0.05) is 19.8 Å². The number of carbonyl (C=O) groups is 1. The average molecular weight is 234 g/mol. The van der Waals surface area contributed by atoms with E-state index in [1.807, 2.05) is 24.6 Å². The maximum absolute atomic E-state index is 10.8. The number of aliphatic carboxylic acids is 1. The van der Waals surface area contributed by atoms with Crippen LogP contribution < -0.4 is 4.90 Å². The number of hydrogen-bond acceptors (Lipinski definition) is 4. The SMILES string of the molecule is CCN(CC(=O)O)c1nccc2c1ncn2C. The number of aryl methyl sites for hydroxylation is 1. The Labute approximate surface area is 98.5 Å². The summed E-state index contributed by atoms with van der Waals surface area (Å²) in [6.07, 6.45) is 3.37. The van der Waals surface area contributed by atoms with Crippen molar-refractivity contribution in [2.75, 3.05) is 18.0 Å². The van der Waals surface area contributed by atoms with Gasteiger partial charge in [-0.1, -0.05) is 0 Å². The lowest BCUT2D eigenvalue weighted by atomic mass is 10.3. The van der Waals surface area contributed by atoms with Crippen molar-refractivity contribution < 1.29 is 9.90 Å². The number of fused-ring (bicyclic) bond motifs is 1. The second-order valence-electron chi connectivity index (χ2n) is 3.77. The molecule has 17 heavy (non-hydrogen) atoms. The lowest BCUT2D eigenvalue weighted by Gasteiger charge is -2.19. The summed E-state index contributed by atoms with van der Waals surface area (Å²) in [5.41, 5.74) is 1.68. The van der Waals surface area contributed by atoms with Crippen molar-refractivity contribution in [3.05, 3.63) is 18.6 Å². The van der Waals surface area contributed by atoms with Crippen molar-refractivity contribution in [2.45, 2.75) is 6.92 Å². The zero-order chi connectivity index (χ0) is 12.4. The van der Waals surface area contributed by atoms with E-state index in [1.54, 1.807) is 17.4 Å². The minimum Gasteiger partial charge on any atom is -0.480 e. The van der Waals surface area contributed by atoms with Crippen LogP contribution in [0.15, 0.2) is 18.6 Å². The molecule has 0 aliphatic heterocycles. The standard InChI is InChI=1S/C11H14N4O2/c1-3-15(6-9(16)17)11-10-8(4-5-12-11)14(2)7-13-10/h4-5,7H,3,6H2,1-2H3,(H,16,17). The van der Waals surface area contributed by atoms with Gasteiger partial charge in [0.15, 0.2) is 5.82 Å². The van der Waals surface area contributed by atoms with E-state index < -0.39 is 5.97 Å². The molecule has 0 bridgehead atoms. The molecule has 0 aliphatic rings. The van der Waals surface area contributed by atoms with Crippen LogP contribution in [0.25, 0.3) is 11.0 Å². The Balaban J connectivity index is 2.49. The molecule has 0 amide bonds. The van der Waals surface area contributed by atoms with Crippen LogP contribution in [0.2, 0.25) is 0 Å².